The Labute approximate surface area is 174 Å². The van der Waals surface area contributed by atoms with Crippen molar-refractivity contribution in [2.75, 3.05) is 55.8 Å². The van der Waals surface area contributed by atoms with Crippen LogP contribution in [0.2, 0.25) is 0 Å². The number of carbonyl (C=O) groups is 1. The lowest BCUT2D eigenvalue weighted by Gasteiger charge is -2.35. The number of esters is 1. The molecule has 1 fully saturated rings. The molecule has 0 atom stereocenters. The van der Waals surface area contributed by atoms with E-state index in [1.54, 1.807) is 6.07 Å². The van der Waals surface area contributed by atoms with Crippen LogP contribution in [0.5, 0.6) is 0 Å². The molecule has 0 saturated carbocycles. The molecule has 0 aliphatic carbocycles. The minimum Gasteiger partial charge on any atom is -0.466 e. The number of ether oxygens (including phenoxy) is 1. The number of carbonyl (C=O) groups excluding carboxylic acids is 1. The highest BCUT2D eigenvalue weighted by Crippen LogP contribution is 2.25. The number of rotatable bonds is 8. The smallest absolute Gasteiger partial charge is 0.307 e. The van der Waals surface area contributed by atoms with Crippen molar-refractivity contribution >= 4 is 35.1 Å². The number of nitrogens with one attached hydrogen (secondary N) is 1. The van der Waals surface area contributed by atoms with E-state index in [-0.39, 0.29) is 11.8 Å². The molecule has 156 valence electrons. The molecule has 0 radical (unpaired) electrons. The summed E-state index contributed by atoms with van der Waals surface area (Å²) in [5.41, 5.74) is 0.385. The zero-order chi connectivity index (χ0) is 20.6. The van der Waals surface area contributed by atoms with Gasteiger partial charge in [0.15, 0.2) is 0 Å². The van der Waals surface area contributed by atoms with Crippen LogP contribution in [-0.2, 0) is 9.53 Å². The molecule has 0 amide bonds. The van der Waals surface area contributed by atoms with Crippen LogP contribution < -0.4 is 10.2 Å². The third-order valence-electron chi connectivity index (χ3n) is 4.73. The van der Waals surface area contributed by atoms with Gasteiger partial charge in [-0.3, -0.25) is 9.69 Å². The van der Waals surface area contributed by atoms with Crippen molar-refractivity contribution in [1.29, 1.82) is 0 Å². The SMILES string of the molecule is CCOC(=O)CCN1CCN(c2cc(Nc3ccc(SC)cc3F)ncn2)CC1. The van der Waals surface area contributed by atoms with E-state index in [9.17, 15) is 9.18 Å². The topological polar surface area (TPSA) is 70.6 Å². The van der Waals surface area contributed by atoms with Gasteiger partial charge in [0.2, 0.25) is 0 Å². The Kier molecular flexibility index (Phi) is 7.65. The molecule has 2 aromatic rings. The van der Waals surface area contributed by atoms with Gasteiger partial charge in [-0.05, 0) is 31.4 Å². The van der Waals surface area contributed by atoms with Crippen LogP contribution in [0.1, 0.15) is 13.3 Å². The molecule has 0 bridgehead atoms. The average Bonchev–Trinajstić information content (AvgIpc) is 2.74. The summed E-state index contributed by atoms with van der Waals surface area (Å²) >= 11 is 1.50. The molecular formula is C20H26FN5O2S. The van der Waals surface area contributed by atoms with Crippen molar-refractivity contribution in [3.05, 3.63) is 36.4 Å². The van der Waals surface area contributed by atoms with E-state index in [0.29, 0.717) is 31.1 Å². The number of benzene rings is 1. The first-order valence-corrected chi connectivity index (χ1v) is 10.9. The second-order valence-electron chi connectivity index (χ2n) is 6.62. The van der Waals surface area contributed by atoms with Gasteiger partial charge >= 0.3 is 5.97 Å². The van der Waals surface area contributed by atoms with Gasteiger partial charge in [0.1, 0.15) is 23.8 Å². The monoisotopic (exact) mass is 419 g/mol. The predicted molar refractivity (Wildman–Crippen MR) is 113 cm³/mol. The molecule has 1 N–H and O–H groups in total. The van der Waals surface area contributed by atoms with E-state index in [1.807, 2.05) is 25.3 Å². The number of piperazine rings is 1. The lowest BCUT2D eigenvalue weighted by atomic mass is 10.2. The second-order valence-corrected chi connectivity index (χ2v) is 7.50. The van der Waals surface area contributed by atoms with Gasteiger partial charge in [0, 0.05) is 43.7 Å². The van der Waals surface area contributed by atoms with Gasteiger partial charge in [-0.25, -0.2) is 14.4 Å². The molecular weight excluding hydrogens is 393 g/mol. The van der Waals surface area contributed by atoms with Gasteiger partial charge in [-0.1, -0.05) is 0 Å². The third-order valence-corrected chi connectivity index (χ3v) is 5.45. The largest absolute Gasteiger partial charge is 0.466 e. The number of aromatic nitrogens is 2. The number of hydrogen-bond donors (Lipinski definition) is 1. The Balaban J connectivity index is 1.56. The number of nitrogens with zero attached hydrogens (tertiary/aromatic N) is 4. The zero-order valence-corrected chi connectivity index (χ0v) is 17.5. The van der Waals surface area contributed by atoms with Crippen molar-refractivity contribution in [3.8, 4) is 0 Å². The van der Waals surface area contributed by atoms with Gasteiger partial charge in [0.25, 0.3) is 0 Å². The molecule has 1 aliphatic heterocycles. The van der Waals surface area contributed by atoms with Crippen molar-refractivity contribution < 1.29 is 13.9 Å². The first-order valence-electron chi connectivity index (χ1n) is 9.64. The highest BCUT2D eigenvalue weighted by molar-refractivity contribution is 7.98. The summed E-state index contributed by atoms with van der Waals surface area (Å²) < 4.78 is 19.2. The maximum absolute atomic E-state index is 14.2. The van der Waals surface area contributed by atoms with Crippen molar-refractivity contribution in [2.45, 2.75) is 18.2 Å². The summed E-state index contributed by atoms with van der Waals surface area (Å²) in [5, 5.41) is 3.03. The fourth-order valence-electron chi connectivity index (χ4n) is 3.13. The lowest BCUT2D eigenvalue weighted by molar-refractivity contribution is -0.143. The number of thioether (sulfide) groups is 1. The highest BCUT2D eigenvalue weighted by Gasteiger charge is 2.19. The normalized spacial score (nSPS) is 14.7. The van der Waals surface area contributed by atoms with Gasteiger partial charge in [-0.15, -0.1) is 11.8 Å². The van der Waals surface area contributed by atoms with Crippen LogP contribution in [0.15, 0.2) is 35.5 Å². The Bertz CT molecular complexity index is 830. The van der Waals surface area contributed by atoms with Crippen molar-refractivity contribution in [3.63, 3.8) is 0 Å². The van der Waals surface area contributed by atoms with Gasteiger partial charge in [0.05, 0.1) is 18.7 Å². The number of hydrogen-bond acceptors (Lipinski definition) is 8. The van der Waals surface area contributed by atoms with Crippen LogP contribution in [-0.4, -0.2) is 66.4 Å². The molecule has 0 spiro atoms. The molecule has 29 heavy (non-hydrogen) atoms. The summed E-state index contributed by atoms with van der Waals surface area (Å²) in [6, 6.07) is 6.92. The molecule has 1 saturated heterocycles. The average molecular weight is 420 g/mol. The third kappa shape index (κ3) is 6.04. The molecule has 1 aromatic heterocycles. The van der Waals surface area contributed by atoms with Crippen LogP contribution in [0.25, 0.3) is 0 Å². The standard InChI is InChI=1S/C20H26FN5O2S/c1-3-28-20(27)6-7-25-8-10-26(11-9-25)19-13-18(22-14-23-19)24-17-5-4-15(29-2)12-16(17)21/h4-5,12-14H,3,6-11H2,1-2H3,(H,22,23,24). The highest BCUT2D eigenvalue weighted by atomic mass is 32.2. The summed E-state index contributed by atoms with van der Waals surface area (Å²) in [6.07, 6.45) is 3.81. The first kappa shape index (κ1) is 21.3. The van der Waals surface area contributed by atoms with E-state index in [1.165, 1.54) is 24.2 Å². The van der Waals surface area contributed by atoms with E-state index in [4.69, 9.17) is 4.74 Å². The molecule has 2 heterocycles. The van der Waals surface area contributed by atoms with E-state index in [2.05, 4.69) is 25.1 Å². The number of halogens is 1. The summed E-state index contributed by atoms with van der Waals surface area (Å²) in [4.78, 5) is 25.4. The molecule has 7 nitrogen and oxygen atoms in total. The quantitative estimate of drug-likeness (QED) is 0.517. The minimum absolute atomic E-state index is 0.153. The Morgan fingerprint density at radius 1 is 1.24 bits per heavy atom. The maximum atomic E-state index is 14.2. The lowest BCUT2D eigenvalue weighted by Crippen LogP contribution is -2.47. The Hall–Kier alpha value is -2.39. The second kappa shape index (κ2) is 10.4. The van der Waals surface area contributed by atoms with E-state index < -0.39 is 0 Å². The fraction of sp³-hybridized carbons (Fsp3) is 0.450. The van der Waals surface area contributed by atoms with E-state index in [0.717, 1.165) is 36.9 Å². The first-order chi connectivity index (χ1) is 14.1. The Morgan fingerprint density at radius 3 is 2.72 bits per heavy atom. The summed E-state index contributed by atoms with van der Waals surface area (Å²) in [6.45, 7) is 6.23. The van der Waals surface area contributed by atoms with Crippen molar-refractivity contribution in [1.82, 2.24) is 14.9 Å². The van der Waals surface area contributed by atoms with Crippen molar-refractivity contribution in [2.24, 2.45) is 0 Å². The van der Waals surface area contributed by atoms with Crippen LogP contribution in [0, 0.1) is 5.82 Å². The Morgan fingerprint density at radius 2 is 2.03 bits per heavy atom. The molecule has 3 rings (SSSR count). The molecule has 9 heteroatoms. The van der Waals surface area contributed by atoms with Gasteiger partial charge < -0.3 is 15.0 Å². The fourth-order valence-corrected chi connectivity index (χ4v) is 3.56. The molecule has 0 unspecified atom stereocenters. The van der Waals surface area contributed by atoms with E-state index >= 15 is 0 Å². The predicted octanol–water partition coefficient (Wildman–Crippen LogP) is 3.16. The van der Waals surface area contributed by atoms with Crippen LogP contribution in [0.4, 0.5) is 21.7 Å². The van der Waals surface area contributed by atoms with Crippen LogP contribution in [0.3, 0.4) is 0 Å². The molecule has 1 aromatic carbocycles. The maximum Gasteiger partial charge on any atom is 0.307 e. The van der Waals surface area contributed by atoms with Crippen LogP contribution >= 0.6 is 11.8 Å². The summed E-state index contributed by atoms with van der Waals surface area (Å²) in [5.74, 6) is 0.885. The number of anilines is 3. The van der Waals surface area contributed by atoms with Gasteiger partial charge in [-0.2, -0.15) is 0 Å². The minimum atomic E-state index is -0.313. The molecule has 1 aliphatic rings. The summed E-state index contributed by atoms with van der Waals surface area (Å²) in [7, 11) is 0. The zero-order valence-electron chi connectivity index (χ0n) is 16.7.